The summed E-state index contributed by atoms with van der Waals surface area (Å²) in [6, 6.07) is 18.0. The molecule has 0 fully saturated rings. The maximum atomic E-state index is 12.1. The first-order valence-electron chi connectivity index (χ1n) is 7.73. The van der Waals surface area contributed by atoms with Crippen LogP contribution in [0.2, 0.25) is 0 Å². The molecule has 0 spiro atoms. The highest BCUT2D eigenvalue weighted by atomic mass is 32.2. The van der Waals surface area contributed by atoms with E-state index in [1.807, 2.05) is 0 Å². The van der Waals surface area contributed by atoms with E-state index in [2.05, 4.69) is 15.2 Å². The quantitative estimate of drug-likeness (QED) is 0.436. The molecule has 26 heavy (non-hydrogen) atoms. The number of rotatable bonds is 7. The zero-order valence-corrected chi connectivity index (χ0v) is 14.5. The summed E-state index contributed by atoms with van der Waals surface area (Å²) in [7, 11) is -3.75. The van der Waals surface area contributed by atoms with Gasteiger partial charge in [-0.05, 0) is 42.5 Å². The van der Waals surface area contributed by atoms with Crippen LogP contribution in [0.25, 0.3) is 0 Å². The molecule has 7 nitrogen and oxygen atoms in total. The van der Waals surface area contributed by atoms with Crippen LogP contribution < -0.4 is 10.2 Å². The van der Waals surface area contributed by atoms with Gasteiger partial charge in [-0.3, -0.25) is 4.84 Å². The molecule has 0 bridgehead atoms. The lowest BCUT2D eigenvalue weighted by atomic mass is 10.2. The van der Waals surface area contributed by atoms with Crippen molar-refractivity contribution in [2.45, 2.75) is 11.5 Å². The average molecular weight is 371 g/mol. The molecule has 1 heterocycles. The molecule has 0 saturated heterocycles. The molecule has 0 radical (unpaired) electrons. The predicted molar refractivity (Wildman–Crippen MR) is 97.2 cm³/mol. The van der Waals surface area contributed by atoms with E-state index in [-0.39, 0.29) is 17.3 Å². The van der Waals surface area contributed by atoms with Crippen molar-refractivity contribution in [3.8, 4) is 5.75 Å². The van der Waals surface area contributed by atoms with Gasteiger partial charge >= 0.3 is 0 Å². The molecule has 0 atom stereocenters. The molecule has 0 saturated carbocycles. The first-order valence-corrected chi connectivity index (χ1v) is 9.21. The van der Waals surface area contributed by atoms with Gasteiger partial charge < -0.3 is 10.4 Å². The summed E-state index contributed by atoms with van der Waals surface area (Å²) >= 11 is 0. The van der Waals surface area contributed by atoms with E-state index >= 15 is 0 Å². The summed E-state index contributed by atoms with van der Waals surface area (Å²) in [5, 5.41) is 12.4. The maximum Gasteiger partial charge on any atom is 0.262 e. The Morgan fingerprint density at radius 1 is 0.962 bits per heavy atom. The minimum absolute atomic E-state index is 0.0136. The Morgan fingerprint density at radius 3 is 2.42 bits per heavy atom. The van der Waals surface area contributed by atoms with Crippen LogP contribution in [-0.4, -0.2) is 18.5 Å². The van der Waals surface area contributed by atoms with Gasteiger partial charge in [0.2, 0.25) is 0 Å². The number of anilines is 2. The van der Waals surface area contributed by atoms with E-state index in [1.165, 1.54) is 12.1 Å². The third-order valence-corrected chi connectivity index (χ3v) is 4.70. The van der Waals surface area contributed by atoms with Crippen LogP contribution in [0.15, 0.2) is 77.8 Å². The first-order chi connectivity index (χ1) is 12.5. The molecule has 0 amide bonds. The minimum Gasteiger partial charge on any atom is -0.508 e. The zero-order chi connectivity index (χ0) is 18.4. The van der Waals surface area contributed by atoms with E-state index in [4.69, 9.17) is 4.84 Å². The fourth-order valence-corrected chi connectivity index (χ4v) is 3.01. The van der Waals surface area contributed by atoms with Crippen molar-refractivity contribution < 1.29 is 18.4 Å². The van der Waals surface area contributed by atoms with Crippen LogP contribution in [0, 0.1) is 0 Å². The Hall–Kier alpha value is -2.94. The standard InChI is InChI=1S/C18H17N3O4S/c22-16-10-8-15(9-11-16)20-18-14(5-4-12-19-18)13-25-21-26(23,24)17-6-2-1-3-7-17/h1-12,21-22H,13H2,(H,19,20). The van der Waals surface area contributed by atoms with Crippen LogP contribution in [0.1, 0.15) is 5.56 Å². The number of phenols is 1. The largest absolute Gasteiger partial charge is 0.508 e. The van der Waals surface area contributed by atoms with Gasteiger partial charge in [0.25, 0.3) is 10.0 Å². The third kappa shape index (κ3) is 4.57. The smallest absolute Gasteiger partial charge is 0.262 e. The number of nitrogens with zero attached hydrogens (tertiary/aromatic N) is 1. The fraction of sp³-hybridized carbons (Fsp3) is 0.0556. The summed E-state index contributed by atoms with van der Waals surface area (Å²) in [6.45, 7) is -0.0136. The fourth-order valence-electron chi connectivity index (χ4n) is 2.18. The second-order valence-electron chi connectivity index (χ2n) is 5.37. The number of aromatic hydroxyl groups is 1. The molecule has 0 aliphatic rings. The molecule has 0 aliphatic heterocycles. The molecular weight excluding hydrogens is 354 g/mol. The lowest BCUT2D eigenvalue weighted by Crippen LogP contribution is -2.24. The third-order valence-electron chi connectivity index (χ3n) is 3.47. The van der Waals surface area contributed by atoms with Gasteiger partial charge in [0, 0.05) is 17.4 Å². The topological polar surface area (TPSA) is 101 Å². The zero-order valence-electron chi connectivity index (χ0n) is 13.7. The maximum absolute atomic E-state index is 12.1. The molecular formula is C18H17N3O4S. The molecule has 3 N–H and O–H groups in total. The van der Waals surface area contributed by atoms with Gasteiger partial charge in [0.05, 0.1) is 11.5 Å². The normalized spacial score (nSPS) is 11.2. The second-order valence-corrected chi connectivity index (χ2v) is 7.02. The van der Waals surface area contributed by atoms with Gasteiger partial charge in [-0.2, -0.15) is 0 Å². The molecule has 134 valence electrons. The van der Waals surface area contributed by atoms with Gasteiger partial charge in [0.1, 0.15) is 11.6 Å². The van der Waals surface area contributed by atoms with Crippen molar-refractivity contribution in [1.82, 2.24) is 9.87 Å². The highest BCUT2D eigenvalue weighted by Crippen LogP contribution is 2.21. The summed E-state index contributed by atoms with van der Waals surface area (Å²) < 4.78 is 24.3. The molecule has 3 aromatic rings. The Balaban J connectivity index is 1.66. The number of phenolic OH excluding ortho intramolecular Hbond substituents is 1. The van der Waals surface area contributed by atoms with E-state index in [1.54, 1.807) is 60.8 Å². The molecule has 1 aromatic heterocycles. The number of benzene rings is 2. The van der Waals surface area contributed by atoms with Crippen LogP contribution >= 0.6 is 0 Å². The summed E-state index contributed by atoms with van der Waals surface area (Å²) in [5.74, 6) is 0.688. The monoisotopic (exact) mass is 371 g/mol. The molecule has 0 unspecified atom stereocenters. The number of pyridine rings is 1. The summed E-state index contributed by atoms with van der Waals surface area (Å²) in [6.07, 6.45) is 1.61. The summed E-state index contributed by atoms with van der Waals surface area (Å²) in [4.78, 5) is 11.6. The lowest BCUT2D eigenvalue weighted by molar-refractivity contribution is 0.0797. The molecule has 3 rings (SSSR count). The Labute approximate surface area is 151 Å². The van der Waals surface area contributed by atoms with Crippen LogP contribution in [-0.2, 0) is 21.5 Å². The highest BCUT2D eigenvalue weighted by Gasteiger charge is 2.14. The van der Waals surface area contributed by atoms with Crippen molar-refractivity contribution in [2.24, 2.45) is 0 Å². The number of sulfonamides is 1. The Morgan fingerprint density at radius 2 is 1.69 bits per heavy atom. The SMILES string of the molecule is O=S(=O)(NOCc1cccnc1Nc1ccc(O)cc1)c1ccccc1. The second kappa shape index (κ2) is 7.96. The van der Waals surface area contributed by atoms with Gasteiger partial charge in [-0.15, -0.1) is 0 Å². The first kappa shape index (κ1) is 17.9. The lowest BCUT2D eigenvalue weighted by Gasteiger charge is -2.12. The molecule has 0 aliphatic carbocycles. The predicted octanol–water partition coefficient (Wildman–Crippen LogP) is 2.94. The van der Waals surface area contributed by atoms with Crippen molar-refractivity contribution in [2.75, 3.05) is 5.32 Å². The summed E-state index contributed by atoms with van der Waals surface area (Å²) in [5.41, 5.74) is 1.39. The van der Waals surface area contributed by atoms with Crippen molar-refractivity contribution in [3.05, 3.63) is 78.5 Å². The van der Waals surface area contributed by atoms with Gasteiger partial charge in [0.15, 0.2) is 0 Å². The van der Waals surface area contributed by atoms with Crippen LogP contribution in [0.5, 0.6) is 5.75 Å². The number of nitrogens with one attached hydrogen (secondary N) is 2. The van der Waals surface area contributed by atoms with Gasteiger partial charge in [-0.1, -0.05) is 29.2 Å². The van der Waals surface area contributed by atoms with Crippen LogP contribution in [0.3, 0.4) is 0 Å². The number of hydrogen-bond donors (Lipinski definition) is 3. The van der Waals surface area contributed by atoms with Crippen molar-refractivity contribution in [3.63, 3.8) is 0 Å². The highest BCUT2D eigenvalue weighted by molar-refractivity contribution is 7.89. The average Bonchev–Trinajstić information content (AvgIpc) is 2.65. The Bertz CT molecular complexity index is 961. The minimum atomic E-state index is -3.75. The Kier molecular flexibility index (Phi) is 5.47. The number of aromatic nitrogens is 1. The van der Waals surface area contributed by atoms with E-state index in [9.17, 15) is 13.5 Å². The molecule has 8 heteroatoms. The van der Waals surface area contributed by atoms with E-state index < -0.39 is 10.0 Å². The van der Waals surface area contributed by atoms with E-state index in [0.717, 1.165) is 5.69 Å². The van der Waals surface area contributed by atoms with Gasteiger partial charge in [-0.25, -0.2) is 13.4 Å². The van der Waals surface area contributed by atoms with Crippen LogP contribution in [0.4, 0.5) is 11.5 Å². The van der Waals surface area contributed by atoms with Crippen molar-refractivity contribution in [1.29, 1.82) is 0 Å². The molecule has 2 aromatic carbocycles. The van der Waals surface area contributed by atoms with E-state index in [0.29, 0.717) is 11.4 Å². The number of hydrogen-bond acceptors (Lipinski definition) is 6. The van der Waals surface area contributed by atoms with Crippen molar-refractivity contribution >= 4 is 21.5 Å².